The molecular weight excluding hydrogens is 438 g/mol. The SMILES string of the molecule is CCC(C)(CNC(=O)c1c(C)nc2c(OCc3c(F)cccc3F)cc(O)cn12)NC(=O)O. The number of nitrogens with one attached hydrogen (secondary N) is 2. The molecule has 0 aliphatic heterocycles. The molecule has 0 radical (unpaired) electrons. The van der Waals surface area contributed by atoms with Crippen molar-refractivity contribution in [3.63, 3.8) is 0 Å². The average Bonchev–Trinajstić information content (AvgIpc) is 3.07. The number of hydrogen-bond acceptors (Lipinski definition) is 5. The fraction of sp³-hybridized carbons (Fsp3) is 0.318. The molecule has 2 heterocycles. The van der Waals surface area contributed by atoms with Crippen LogP contribution in [0.25, 0.3) is 5.65 Å². The first-order chi connectivity index (χ1) is 15.5. The van der Waals surface area contributed by atoms with Gasteiger partial charge in [-0.25, -0.2) is 18.6 Å². The van der Waals surface area contributed by atoms with Gasteiger partial charge in [-0.3, -0.25) is 9.20 Å². The van der Waals surface area contributed by atoms with Gasteiger partial charge in [0.1, 0.15) is 29.7 Å². The number of benzene rings is 1. The van der Waals surface area contributed by atoms with Crippen molar-refractivity contribution in [3.8, 4) is 11.5 Å². The van der Waals surface area contributed by atoms with Gasteiger partial charge >= 0.3 is 6.09 Å². The Morgan fingerprint density at radius 2 is 1.94 bits per heavy atom. The highest BCUT2D eigenvalue weighted by Crippen LogP contribution is 2.28. The number of aryl methyl sites for hydroxylation is 1. The van der Waals surface area contributed by atoms with Crippen LogP contribution in [-0.4, -0.2) is 43.7 Å². The van der Waals surface area contributed by atoms with Gasteiger partial charge in [-0.1, -0.05) is 13.0 Å². The molecule has 2 aromatic heterocycles. The maximum atomic E-state index is 13.9. The van der Waals surface area contributed by atoms with Crippen LogP contribution in [0.2, 0.25) is 0 Å². The molecule has 0 bridgehead atoms. The number of hydrogen-bond donors (Lipinski definition) is 4. The van der Waals surface area contributed by atoms with Gasteiger partial charge in [0.05, 0.1) is 23.0 Å². The Morgan fingerprint density at radius 1 is 1.27 bits per heavy atom. The molecule has 0 aliphatic rings. The molecule has 33 heavy (non-hydrogen) atoms. The Bertz CT molecular complexity index is 1190. The second-order valence-electron chi connectivity index (χ2n) is 7.82. The lowest BCUT2D eigenvalue weighted by atomic mass is 9.99. The van der Waals surface area contributed by atoms with E-state index in [1.165, 1.54) is 22.7 Å². The van der Waals surface area contributed by atoms with Gasteiger partial charge in [0.15, 0.2) is 11.4 Å². The number of ether oxygens (including phenoxy) is 1. The first-order valence-electron chi connectivity index (χ1n) is 10.1. The summed E-state index contributed by atoms with van der Waals surface area (Å²) in [5.41, 5.74) is -0.615. The molecular formula is C22H24F2N4O5. The van der Waals surface area contributed by atoms with Crippen LogP contribution in [0.3, 0.4) is 0 Å². The Balaban J connectivity index is 1.89. The van der Waals surface area contributed by atoms with E-state index in [1.807, 2.05) is 0 Å². The fourth-order valence-electron chi connectivity index (χ4n) is 3.29. The number of fused-ring (bicyclic) bond motifs is 1. The smallest absolute Gasteiger partial charge is 0.405 e. The second kappa shape index (κ2) is 9.31. The lowest BCUT2D eigenvalue weighted by Gasteiger charge is -2.28. The molecule has 3 aromatic rings. The number of rotatable bonds is 8. The number of amides is 2. The van der Waals surface area contributed by atoms with Crippen LogP contribution in [0.5, 0.6) is 11.5 Å². The van der Waals surface area contributed by atoms with Crippen LogP contribution in [0.15, 0.2) is 30.5 Å². The first kappa shape index (κ1) is 23.8. The summed E-state index contributed by atoms with van der Waals surface area (Å²) in [5.74, 6) is -2.35. The Morgan fingerprint density at radius 3 is 2.55 bits per heavy atom. The summed E-state index contributed by atoms with van der Waals surface area (Å²) in [4.78, 5) is 28.3. The van der Waals surface area contributed by atoms with E-state index in [-0.39, 0.29) is 34.9 Å². The largest absolute Gasteiger partial charge is 0.506 e. The van der Waals surface area contributed by atoms with Crippen molar-refractivity contribution in [2.24, 2.45) is 0 Å². The van der Waals surface area contributed by atoms with Crippen molar-refractivity contribution in [1.29, 1.82) is 0 Å². The van der Waals surface area contributed by atoms with Crippen molar-refractivity contribution < 1.29 is 33.3 Å². The highest BCUT2D eigenvalue weighted by Gasteiger charge is 2.27. The summed E-state index contributed by atoms with van der Waals surface area (Å²) in [6.07, 6.45) is 0.476. The van der Waals surface area contributed by atoms with Gasteiger partial charge < -0.3 is 25.6 Å². The van der Waals surface area contributed by atoms with Gasteiger partial charge in [0.2, 0.25) is 0 Å². The number of carboxylic acid groups (broad SMARTS) is 1. The fourth-order valence-corrected chi connectivity index (χ4v) is 3.29. The number of halogens is 2. The maximum Gasteiger partial charge on any atom is 0.405 e. The Labute approximate surface area is 188 Å². The monoisotopic (exact) mass is 462 g/mol. The highest BCUT2D eigenvalue weighted by atomic mass is 19.1. The van der Waals surface area contributed by atoms with Gasteiger partial charge in [0.25, 0.3) is 5.91 Å². The number of carbonyl (C=O) groups excluding carboxylic acids is 1. The van der Waals surface area contributed by atoms with Crippen LogP contribution >= 0.6 is 0 Å². The number of carbonyl (C=O) groups is 2. The minimum Gasteiger partial charge on any atom is -0.506 e. The lowest BCUT2D eigenvalue weighted by Crippen LogP contribution is -2.52. The number of aromatic hydroxyl groups is 1. The molecule has 11 heteroatoms. The lowest BCUT2D eigenvalue weighted by molar-refractivity contribution is 0.0930. The van der Waals surface area contributed by atoms with E-state index in [0.717, 1.165) is 12.1 Å². The topological polar surface area (TPSA) is 125 Å². The summed E-state index contributed by atoms with van der Waals surface area (Å²) in [7, 11) is 0. The van der Waals surface area contributed by atoms with Gasteiger partial charge in [0, 0.05) is 12.6 Å². The van der Waals surface area contributed by atoms with Crippen LogP contribution < -0.4 is 15.4 Å². The zero-order valence-corrected chi connectivity index (χ0v) is 18.3. The van der Waals surface area contributed by atoms with E-state index < -0.39 is 35.8 Å². The summed E-state index contributed by atoms with van der Waals surface area (Å²) in [6.45, 7) is 4.56. The molecule has 9 nitrogen and oxygen atoms in total. The van der Waals surface area contributed by atoms with Crippen molar-refractivity contribution in [2.75, 3.05) is 6.54 Å². The summed E-state index contributed by atoms with van der Waals surface area (Å²) < 4.78 is 34.7. The van der Waals surface area contributed by atoms with Crippen LogP contribution in [-0.2, 0) is 6.61 Å². The van der Waals surface area contributed by atoms with E-state index in [1.54, 1.807) is 20.8 Å². The van der Waals surface area contributed by atoms with E-state index in [9.17, 15) is 23.5 Å². The maximum absolute atomic E-state index is 13.9. The molecule has 0 spiro atoms. The third kappa shape index (κ3) is 5.13. The van der Waals surface area contributed by atoms with E-state index >= 15 is 0 Å². The number of nitrogens with zero attached hydrogens (tertiary/aromatic N) is 2. The third-order valence-electron chi connectivity index (χ3n) is 5.32. The van der Waals surface area contributed by atoms with E-state index in [0.29, 0.717) is 12.1 Å². The third-order valence-corrected chi connectivity index (χ3v) is 5.32. The zero-order chi connectivity index (χ0) is 24.3. The molecule has 0 fully saturated rings. The zero-order valence-electron chi connectivity index (χ0n) is 18.3. The summed E-state index contributed by atoms with van der Waals surface area (Å²) in [6, 6.07) is 4.67. The van der Waals surface area contributed by atoms with Gasteiger partial charge in [-0.05, 0) is 32.4 Å². The molecule has 1 aromatic carbocycles. The predicted molar refractivity (Wildman–Crippen MR) is 114 cm³/mol. The van der Waals surface area contributed by atoms with Crippen molar-refractivity contribution >= 4 is 17.6 Å². The van der Waals surface area contributed by atoms with Crippen molar-refractivity contribution in [1.82, 2.24) is 20.0 Å². The van der Waals surface area contributed by atoms with Crippen LogP contribution in [0, 0.1) is 18.6 Å². The molecule has 1 atom stereocenters. The first-order valence-corrected chi connectivity index (χ1v) is 10.1. The van der Waals surface area contributed by atoms with E-state index in [4.69, 9.17) is 9.84 Å². The normalized spacial score (nSPS) is 12.9. The quantitative estimate of drug-likeness (QED) is 0.407. The number of pyridine rings is 1. The Kier molecular flexibility index (Phi) is 6.70. The Hall–Kier alpha value is -3.89. The number of aromatic nitrogens is 2. The minimum absolute atomic E-state index is 0.00996. The highest BCUT2D eigenvalue weighted by molar-refractivity contribution is 5.95. The molecule has 0 saturated heterocycles. The molecule has 176 valence electrons. The van der Waals surface area contributed by atoms with Crippen LogP contribution in [0.4, 0.5) is 13.6 Å². The predicted octanol–water partition coefficient (Wildman–Crippen LogP) is 3.37. The number of imidazole rings is 1. The standard InChI is InChI=1S/C22H24F2N4O5/c1-4-22(3,27-21(31)32)11-25-20(30)18-12(2)26-19-17(8-13(29)9-28(18)19)33-10-14-15(23)6-5-7-16(14)24/h5-9,27,29H,4,10-11H2,1-3H3,(H,25,30)(H,31,32). The molecule has 1 unspecified atom stereocenters. The second-order valence-corrected chi connectivity index (χ2v) is 7.82. The average molecular weight is 462 g/mol. The molecule has 2 amide bonds. The van der Waals surface area contributed by atoms with E-state index in [2.05, 4.69) is 15.6 Å². The molecule has 3 rings (SSSR count). The van der Waals surface area contributed by atoms with Gasteiger partial charge in [-0.15, -0.1) is 0 Å². The van der Waals surface area contributed by atoms with Crippen molar-refractivity contribution in [2.45, 2.75) is 39.3 Å². The summed E-state index contributed by atoms with van der Waals surface area (Å²) >= 11 is 0. The molecule has 4 N–H and O–H groups in total. The summed E-state index contributed by atoms with van der Waals surface area (Å²) in [5, 5.41) is 24.2. The van der Waals surface area contributed by atoms with Crippen molar-refractivity contribution in [3.05, 3.63) is 59.0 Å². The molecule has 0 saturated carbocycles. The van der Waals surface area contributed by atoms with Crippen LogP contribution in [0.1, 0.15) is 42.0 Å². The molecule has 0 aliphatic carbocycles. The van der Waals surface area contributed by atoms with Gasteiger partial charge in [-0.2, -0.15) is 0 Å². The minimum atomic E-state index is -1.21.